The molecule has 1 saturated heterocycles. The summed E-state index contributed by atoms with van der Waals surface area (Å²) < 4.78 is 21.7. The van der Waals surface area contributed by atoms with Gasteiger partial charge in [0.15, 0.2) is 11.5 Å². The first-order valence-corrected chi connectivity index (χ1v) is 13.1. The minimum Gasteiger partial charge on any atom is -0.493 e. The second kappa shape index (κ2) is 13.5. The van der Waals surface area contributed by atoms with Crippen molar-refractivity contribution in [3.05, 3.63) is 66.4 Å². The van der Waals surface area contributed by atoms with Crippen LogP contribution in [0.25, 0.3) is 11.3 Å². The molecule has 0 spiro atoms. The van der Waals surface area contributed by atoms with E-state index in [-0.39, 0.29) is 11.9 Å². The standard InChI is InChI=1S/C30H35N3O6/c1-4-38-29(34)13-8-20-39-26-12-6-5-11-25(26)32-16-18-33(19-17-32)30(35)24-10-7-9-23(31-24)22-14-15-27(36-2)28(21-22)37-3/h5-7,9-12,14-15,21H,4,8,13,16-20H2,1-3H3. The fourth-order valence-corrected chi connectivity index (χ4v) is 4.49. The number of methoxy groups -OCH3 is 2. The number of anilines is 1. The van der Waals surface area contributed by atoms with Crippen molar-refractivity contribution in [2.75, 3.05) is 58.5 Å². The molecule has 3 aromatic rings. The second-order valence-corrected chi connectivity index (χ2v) is 8.98. The number of para-hydroxylation sites is 2. The van der Waals surface area contributed by atoms with E-state index in [2.05, 4.69) is 9.88 Å². The monoisotopic (exact) mass is 533 g/mol. The Bertz CT molecular complexity index is 1270. The maximum Gasteiger partial charge on any atom is 0.305 e. The highest BCUT2D eigenvalue weighted by Crippen LogP contribution is 2.32. The lowest BCUT2D eigenvalue weighted by molar-refractivity contribution is -0.143. The number of nitrogens with zero attached hydrogens (tertiary/aromatic N) is 3. The lowest BCUT2D eigenvalue weighted by Crippen LogP contribution is -2.49. The Morgan fingerprint density at radius 3 is 2.38 bits per heavy atom. The number of ether oxygens (including phenoxy) is 4. The summed E-state index contributed by atoms with van der Waals surface area (Å²) in [6.45, 7) is 5.09. The molecule has 1 fully saturated rings. The van der Waals surface area contributed by atoms with Crippen LogP contribution in [-0.2, 0) is 9.53 Å². The first-order valence-electron chi connectivity index (χ1n) is 13.1. The molecule has 2 aromatic carbocycles. The third-order valence-corrected chi connectivity index (χ3v) is 6.51. The molecule has 2 heterocycles. The van der Waals surface area contributed by atoms with Crippen molar-refractivity contribution in [3.8, 4) is 28.5 Å². The maximum absolute atomic E-state index is 13.3. The van der Waals surface area contributed by atoms with Gasteiger partial charge >= 0.3 is 5.97 Å². The van der Waals surface area contributed by atoms with Gasteiger partial charge in [-0.2, -0.15) is 0 Å². The highest BCUT2D eigenvalue weighted by atomic mass is 16.5. The second-order valence-electron chi connectivity index (χ2n) is 8.98. The fraction of sp³-hybridized carbons (Fsp3) is 0.367. The quantitative estimate of drug-likeness (QED) is 0.264. The van der Waals surface area contributed by atoms with Gasteiger partial charge in [0.2, 0.25) is 0 Å². The van der Waals surface area contributed by atoms with Gasteiger partial charge in [-0.1, -0.05) is 18.2 Å². The molecule has 0 atom stereocenters. The van der Waals surface area contributed by atoms with E-state index in [9.17, 15) is 9.59 Å². The average molecular weight is 534 g/mol. The Morgan fingerprint density at radius 2 is 1.64 bits per heavy atom. The molecule has 206 valence electrons. The predicted octanol–water partition coefficient (Wildman–Crippen LogP) is 4.45. The van der Waals surface area contributed by atoms with Gasteiger partial charge in [-0.25, -0.2) is 4.98 Å². The predicted molar refractivity (Wildman–Crippen MR) is 149 cm³/mol. The van der Waals surface area contributed by atoms with Crippen LogP contribution in [0.15, 0.2) is 60.7 Å². The van der Waals surface area contributed by atoms with Gasteiger partial charge in [-0.15, -0.1) is 0 Å². The van der Waals surface area contributed by atoms with Gasteiger partial charge in [0.25, 0.3) is 5.91 Å². The zero-order valence-corrected chi connectivity index (χ0v) is 22.7. The van der Waals surface area contributed by atoms with Crippen molar-refractivity contribution in [2.45, 2.75) is 19.8 Å². The van der Waals surface area contributed by atoms with Crippen LogP contribution in [0.5, 0.6) is 17.2 Å². The number of piperazine rings is 1. The summed E-state index contributed by atoms with van der Waals surface area (Å²) in [7, 11) is 3.18. The molecule has 0 bridgehead atoms. The molecule has 1 aliphatic rings. The minimum absolute atomic E-state index is 0.0968. The third-order valence-electron chi connectivity index (χ3n) is 6.51. The maximum atomic E-state index is 13.3. The number of esters is 1. The Labute approximate surface area is 229 Å². The molecule has 1 aromatic heterocycles. The van der Waals surface area contributed by atoms with Crippen molar-refractivity contribution in [2.24, 2.45) is 0 Å². The number of carbonyl (C=O) groups excluding carboxylic acids is 2. The van der Waals surface area contributed by atoms with E-state index in [4.69, 9.17) is 18.9 Å². The number of rotatable bonds is 11. The van der Waals surface area contributed by atoms with Crippen LogP contribution in [0.3, 0.4) is 0 Å². The number of aromatic nitrogens is 1. The zero-order valence-electron chi connectivity index (χ0n) is 22.7. The molecular weight excluding hydrogens is 498 g/mol. The third kappa shape index (κ3) is 6.98. The lowest BCUT2D eigenvalue weighted by atomic mass is 10.1. The highest BCUT2D eigenvalue weighted by molar-refractivity contribution is 5.93. The van der Waals surface area contributed by atoms with E-state index in [1.54, 1.807) is 27.2 Å². The SMILES string of the molecule is CCOC(=O)CCCOc1ccccc1N1CCN(C(=O)c2cccc(-c3ccc(OC)c(OC)c3)n2)CC1. The molecule has 9 heteroatoms. The number of hydrogen-bond acceptors (Lipinski definition) is 8. The number of amides is 1. The van der Waals surface area contributed by atoms with Crippen LogP contribution < -0.4 is 19.1 Å². The summed E-state index contributed by atoms with van der Waals surface area (Å²) in [6, 6.07) is 18.9. The molecule has 39 heavy (non-hydrogen) atoms. The van der Waals surface area contributed by atoms with Crippen LogP contribution in [0, 0.1) is 0 Å². The molecular formula is C30H35N3O6. The summed E-state index contributed by atoms with van der Waals surface area (Å²) >= 11 is 0. The first-order chi connectivity index (χ1) is 19.0. The van der Waals surface area contributed by atoms with Crippen LogP contribution in [0.4, 0.5) is 5.69 Å². The largest absolute Gasteiger partial charge is 0.493 e. The zero-order chi connectivity index (χ0) is 27.6. The Hall–Kier alpha value is -4.27. The molecule has 1 amide bonds. The van der Waals surface area contributed by atoms with E-state index in [1.807, 2.05) is 59.5 Å². The van der Waals surface area contributed by atoms with Crippen molar-refractivity contribution in [3.63, 3.8) is 0 Å². The van der Waals surface area contributed by atoms with Gasteiger partial charge in [0.1, 0.15) is 11.4 Å². The molecule has 4 rings (SSSR count). The van der Waals surface area contributed by atoms with Gasteiger partial charge in [-0.3, -0.25) is 9.59 Å². The van der Waals surface area contributed by atoms with Gasteiger partial charge in [0.05, 0.1) is 38.8 Å². The van der Waals surface area contributed by atoms with Crippen LogP contribution in [0.2, 0.25) is 0 Å². The van der Waals surface area contributed by atoms with E-state index < -0.39 is 0 Å². The number of pyridine rings is 1. The first kappa shape index (κ1) is 27.8. The van der Waals surface area contributed by atoms with E-state index in [0.717, 1.165) is 17.0 Å². The summed E-state index contributed by atoms with van der Waals surface area (Å²) in [5.41, 5.74) is 2.91. The Kier molecular flexibility index (Phi) is 9.61. The highest BCUT2D eigenvalue weighted by Gasteiger charge is 2.25. The molecule has 1 aliphatic heterocycles. The van der Waals surface area contributed by atoms with Crippen LogP contribution in [0.1, 0.15) is 30.3 Å². The minimum atomic E-state index is -0.209. The average Bonchev–Trinajstić information content (AvgIpc) is 2.99. The topological polar surface area (TPSA) is 90.4 Å². The summed E-state index contributed by atoms with van der Waals surface area (Å²) in [5.74, 6) is 1.70. The summed E-state index contributed by atoms with van der Waals surface area (Å²) in [5, 5.41) is 0. The van der Waals surface area contributed by atoms with E-state index >= 15 is 0 Å². The number of benzene rings is 2. The smallest absolute Gasteiger partial charge is 0.305 e. The fourth-order valence-electron chi connectivity index (χ4n) is 4.49. The van der Waals surface area contributed by atoms with Crippen molar-refractivity contribution >= 4 is 17.6 Å². The van der Waals surface area contributed by atoms with Crippen LogP contribution >= 0.6 is 0 Å². The summed E-state index contributed by atoms with van der Waals surface area (Å²) in [4.78, 5) is 33.6. The normalized spacial score (nSPS) is 13.1. The molecule has 0 aliphatic carbocycles. The van der Waals surface area contributed by atoms with Gasteiger partial charge in [0, 0.05) is 38.2 Å². The molecule has 0 radical (unpaired) electrons. The van der Waals surface area contributed by atoms with Gasteiger partial charge < -0.3 is 28.7 Å². The lowest BCUT2D eigenvalue weighted by Gasteiger charge is -2.36. The van der Waals surface area contributed by atoms with Crippen molar-refractivity contribution in [1.82, 2.24) is 9.88 Å². The van der Waals surface area contributed by atoms with Crippen molar-refractivity contribution < 1.29 is 28.5 Å². The van der Waals surface area contributed by atoms with Gasteiger partial charge in [-0.05, 0) is 55.8 Å². The molecule has 9 nitrogen and oxygen atoms in total. The molecule has 0 unspecified atom stereocenters. The van der Waals surface area contributed by atoms with E-state index in [1.165, 1.54) is 0 Å². The summed E-state index contributed by atoms with van der Waals surface area (Å²) in [6.07, 6.45) is 0.919. The molecule has 0 N–H and O–H groups in total. The number of hydrogen-bond donors (Lipinski definition) is 0. The number of carbonyl (C=O) groups is 2. The van der Waals surface area contributed by atoms with Crippen molar-refractivity contribution in [1.29, 1.82) is 0 Å². The van der Waals surface area contributed by atoms with E-state index in [0.29, 0.717) is 75.1 Å². The van der Waals surface area contributed by atoms with Crippen LogP contribution in [-0.4, -0.2) is 75.4 Å². The molecule has 0 saturated carbocycles. The Morgan fingerprint density at radius 1 is 0.872 bits per heavy atom. The Balaban J connectivity index is 1.37.